The van der Waals surface area contributed by atoms with Crippen molar-refractivity contribution in [3.63, 3.8) is 0 Å². The lowest BCUT2D eigenvalue weighted by Crippen LogP contribution is -2.50. The molecule has 2 fully saturated rings. The van der Waals surface area contributed by atoms with E-state index >= 15 is 0 Å². The monoisotopic (exact) mass is 276 g/mol. The van der Waals surface area contributed by atoms with E-state index in [1.165, 1.54) is 0 Å². The standard InChI is InChI=1S/C12H24N2O3S/c1-10-7-14(8-11(2)17-10)18(15,16)9-12-4-3-5-13-6-12/h10-13H,3-9H2,1-2H3. The Kier molecular flexibility index (Phi) is 4.64. The number of sulfonamides is 1. The SMILES string of the molecule is CC1CN(S(=O)(=O)CC2CCCNC2)CC(C)O1. The Bertz CT molecular complexity index is 356. The number of piperidine rings is 1. The number of rotatable bonds is 3. The van der Waals surface area contributed by atoms with Crippen LogP contribution in [0.25, 0.3) is 0 Å². The van der Waals surface area contributed by atoms with Gasteiger partial charge in [-0.2, -0.15) is 4.31 Å². The van der Waals surface area contributed by atoms with Crippen LogP contribution in [-0.2, 0) is 14.8 Å². The third-order valence-corrected chi connectivity index (χ3v) is 5.60. The van der Waals surface area contributed by atoms with E-state index in [9.17, 15) is 8.42 Å². The molecule has 2 aliphatic rings. The minimum absolute atomic E-state index is 0.00648. The molecule has 18 heavy (non-hydrogen) atoms. The zero-order chi connectivity index (χ0) is 13.2. The summed E-state index contributed by atoms with van der Waals surface area (Å²) in [6.45, 7) is 6.69. The Labute approximate surface area is 110 Å². The van der Waals surface area contributed by atoms with Crippen molar-refractivity contribution in [2.75, 3.05) is 31.9 Å². The molecule has 2 rings (SSSR count). The molecule has 2 heterocycles. The van der Waals surface area contributed by atoms with Gasteiger partial charge in [0, 0.05) is 13.1 Å². The van der Waals surface area contributed by atoms with E-state index in [0.29, 0.717) is 13.1 Å². The van der Waals surface area contributed by atoms with Gasteiger partial charge < -0.3 is 10.1 Å². The zero-order valence-electron chi connectivity index (χ0n) is 11.3. The van der Waals surface area contributed by atoms with Crippen LogP contribution < -0.4 is 5.32 Å². The van der Waals surface area contributed by atoms with Crippen molar-refractivity contribution < 1.29 is 13.2 Å². The summed E-state index contributed by atoms with van der Waals surface area (Å²) in [5.41, 5.74) is 0. The molecular weight excluding hydrogens is 252 g/mol. The van der Waals surface area contributed by atoms with Gasteiger partial charge in [0.25, 0.3) is 0 Å². The molecule has 0 amide bonds. The van der Waals surface area contributed by atoms with Crippen LogP contribution in [-0.4, -0.2) is 56.9 Å². The van der Waals surface area contributed by atoms with Crippen molar-refractivity contribution in [2.45, 2.75) is 38.9 Å². The van der Waals surface area contributed by atoms with Crippen molar-refractivity contribution in [3.8, 4) is 0 Å². The van der Waals surface area contributed by atoms with Crippen LogP contribution in [0.5, 0.6) is 0 Å². The first-order chi connectivity index (χ1) is 8.47. The van der Waals surface area contributed by atoms with Gasteiger partial charge in [-0.25, -0.2) is 8.42 Å². The number of morpholine rings is 1. The van der Waals surface area contributed by atoms with Crippen LogP contribution in [0.15, 0.2) is 0 Å². The minimum atomic E-state index is -3.14. The molecule has 1 N–H and O–H groups in total. The highest BCUT2D eigenvalue weighted by Crippen LogP contribution is 2.19. The lowest BCUT2D eigenvalue weighted by Gasteiger charge is -2.35. The summed E-state index contributed by atoms with van der Waals surface area (Å²) < 4.78 is 32.0. The van der Waals surface area contributed by atoms with E-state index in [1.807, 2.05) is 13.8 Å². The average Bonchev–Trinajstić information content (AvgIpc) is 2.28. The van der Waals surface area contributed by atoms with Crippen LogP contribution in [0.4, 0.5) is 0 Å². The van der Waals surface area contributed by atoms with Crippen LogP contribution in [0.1, 0.15) is 26.7 Å². The highest BCUT2D eigenvalue weighted by atomic mass is 32.2. The first kappa shape index (κ1) is 14.2. The highest BCUT2D eigenvalue weighted by Gasteiger charge is 2.32. The fourth-order valence-electron chi connectivity index (χ4n) is 2.83. The second-order valence-electron chi connectivity index (χ2n) is 5.57. The normalized spacial score (nSPS) is 35.6. The molecule has 0 aliphatic carbocycles. The van der Waals surface area contributed by atoms with E-state index < -0.39 is 10.0 Å². The summed E-state index contributed by atoms with van der Waals surface area (Å²) in [4.78, 5) is 0. The molecule has 106 valence electrons. The van der Waals surface area contributed by atoms with Crippen molar-refractivity contribution in [1.29, 1.82) is 0 Å². The summed E-state index contributed by atoms with van der Waals surface area (Å²) in [7, 11) is -3.14. The molecule has 6 heteroatoms. The van der Waals surface area contributed by atoms with Crippen molar-refractivity contribution in [2.24, 2.45) is 5.92 Å². The molecule has 0 radical (unpaired) electrons. The molecule has 0 saturated carbocycles. The average molecular weight is 276 g/mol. The van der Waals surface area contributed by atoms with E-state index in [0.717, 1.165) is 25.9 Å². The van der Waals surface area contributed by atoms with Crippen LogP contribution >= 0.6 is 0 Å². The Morgan fingerprint density at radius 1 is 1.28 bits per heavy atom. The first-order valence-electron chi connectivity index (χ1n) is 6.81. The lowest BCUT2D eigenvalue weighted by molar-refractivity contribution is -0.0441. The summed E-state index contributed by atoms with van der Waals surface area (Å²) >= 11 is 0. The van der Waals surface area contributed by atoms with Gasteiger partial charge in [-0.3, -0.25) is 0 Å². The predicted octanol–water partition coefficient (Wildman–Crippen LogP) is 0.425. The lowest BCUT2D eigenvalue weighted by atomic mass is 10.0. The van der Waals surface area contributed by atoms with Crippen LogP contribution in [0.2, 0.25) is 0 Å². The van der Waals surface area contributed by atoms with Crippen molar-refractivity contribution >= 4 is 10.0 Å². The Hall–Kier alpha value is -0.170. The molecule has 0 bridgehead atoms. The highest BCUT2D eigenvalue weighted by molar-refractivity contribution is 7.89. The topological polar surface area (TPSA) is 58.6 Å². The number of ether oxygens (including phenoxy) is 1. The smallest absolute Gasteiger partial charge is 0.214 e. The number of hydrogen-bond donors (Lipinski definition) is 1. The van der Waals surface area contributed by atoms with Gasteiger partial charge in [0.1, 0.15) is 0 Å². The Morgan fingerprint density at radius 3 is 2.50 bits per heavy atom. The fraction of sp³-hybridized carbons (Fsp3) is 1.00. The quantitative estimate of drug-likeness (QED) is 0.812. The number of hydrogen-bond acceptors (Lipinski definition) is 4. The molecule has 0 aromatic heterocycles. The van der Waals surface area contributed by atoms with E-state index in [1.54, 1.807) is 4.31 Å². The van der Waals surface area contributed by atoms with E-state index in [4.69, 9.17) is 4.74 Å². The maximum absolute atomic E-state index is 12.4. The van der Waals surface area contributed by atoms with Gasteiger partial charge in [-0.15, -0.1) is 0 Å². The molecule has 0 aromatic carbocycles. The molecule has 0 aromatic rings. The molecular formula is C12H24N2O3S. The first-order valence-corrected chi connectivity index (χ1v) is 8.42. The summed E-state index contributed by atoms with van der Waals surface area (Å²) in [6, 6.07) is 0. The summed E-state index contributed by atoms with van der Waals surface area (Å²) in [6.07, 6.45) is 2.08. The van der Waals surface area contributed by atoms with Crippen molar-refractivity contribution in [3.05, 3.63) is 0 Å². The maximum atomic E-state index is 12.4. The van der Waals surface area contributed by atoms with Crippen molar-refractivity contribution in [1.82, 2.24) is 9.62 Å². The summed E-state index contributed by atoms with van der Waals surface area (Å²) in [5.74, 6) is 0.539. The molecule has 3 unspecified atom stereocenters. The minimum Gasteiger partial charge on any atom is -0.373 e. The van der Waals surface area contributed by atoms with Gasteiger partial charge in [0.2, 0.25) is 10.0 Å². The van der Waals surface area contributed by atoms with E-state index in [-0.39, 0.29) is 23.9 Å². The maximum Gasteiger partial charge on any atom is 0.214 e. The van der Waals surface area contributed by atoms with Crippen LogP contribution in [0.3, 0.4) is 0 Å². The largest absolute Gasteiger partial charge is 0.373 e. The molecule has 2 saturated heterocycles. The van der Waals surface area contributed by atoms with Gasteiger partial charge in [0.05, 0.1) is 18.0 Å². The zero-order valence-corrected chi connectivity index (χ0v) is 12.1. The molecule has 2 aliphatic heterocycles. The van der Waals surface area contributed by atoms with Gasteiger partial charge >= 0.3 is 0 Å². The van der Waals surface area contributed by atoms with Crippen LogP contribution in [0, 0.1) is 5.92 Å². The Morgan fingerprint density at radius 2 is 1.94 bits per heavy atom. The number of nitrogens with one attached hydrogen (secondary N) is 1. The second kappa shape index (κ2) is 5.86. The second-order valence-corrected chi connectivity index (χ2v) is 7.58. The van der Waals surface area contributed by atoms with Gasteiger partial charge in [0.15, 0.2) is 0 Å². The molecule has 5 nitrogen and oxygen atoms in total. The Balaban J connectivity index is 1.96. The fourth-order valence-corrected chi connectivity index (χ4v) is 4.79. The third-order valence-electron chi connectivity index (χ3n) is 3.62. The molecule has 3 atom stereocenters. The summed E-state index contributed by atoms with van der Waals surface area (Å²) in [5, 5.41) is 3.27. The molecule has 0 spiro atoms. The number of nitrogens with zero attached hydrogens (tertiary/aromatic N) is 1. The van der Waals surface area contributed by atoms with E-state index in [2.05, 4.69) is 5.32 Å². The predicted molar refractivity (Wildman–Crippen MR) is 71.0 cm³/mol. The third kappa shape index (κ3) is 3.66. The van der Waals surface area contributed by atoms with Gasteiger partial charge in [-0.05, 0) is 45.7 Å². The van der Waals surface area contributed by atoms with Gasteiger partial charge in [-0.1, -0.05) is 0 Å².